The molecule has 0 aliphatic heterocycles. The molecule has 0 aromatic heterocycles. The van der Waals surface area contributed by atoms with Crippen LogP contribution in [0.2, 0.25) is 0 Å². The van der Waals surface area contributed by atoms with E-state index in [1.54, 1.807) is 0 Å². The van der Waals surface area contributed by atoms with Gasteiger partial charge in [-0.15, -0.1) is 0 Å². The molecule has 8 atom stereocenters. The summed E-state index contributed by atoms with van der Waals surface area (Å²) in [5.41, 5.74) is 6.85. The van der Waals surface area contributed by atoms with Crippen molar-refractivity contribution in [1.82, 2.24) is 10.6 Å². The maximum Gasteiger partial charge on any atom is 0.00701 e. The first-order valence-corrected chi connectivity index (χ1v) is 14.5. The minimum absolute atomic E-state index is 0.628. The standard InChI is InChI=1S/C29H55N3/c1-21(2)25-10-11-26-24-9-8-22-20-23(32-19-7-18-31-17-6-5-16-30)12-14-28(22,3)27(24)13-15-29(25,26)4/h21-27,31-32H,5-20,30H2,1-4H3/t22-,23-,24?,25?,26?,27?,28-,29+/m0/s1. The maximum absolute atomic E-state index is 5.57. The Morgan fingerprint density at radius 1 is 0.812 bits per heavy atom. The first-order valence-electron chi connectivity index (χ1n) is 14.5. The summed E-state index contributed by atoms with van der Waals surface area (Å²) in [7, 11) is 0. The van der Waals surface area contributed by atoms with Crippen LogP contribution in [0, 0.1) is 46.3 Å². The summed E-state index contributed by atoms with van der Waals surface area (Å²) >= 11 is 0. The van der Waals surface area contributed by atoms with Crippen LogP contribution in [-0.4, -0.2) is 32.2 Å². The lowest BCUT2D eigenvalue weighted by molar-refractivity contribution is -0.117. The molecule has 0 heterocycles. The van der Waals surface area contributed by atoms with Gasteiger partial charge in [-0.2, -0.15) is 0 Å². The largest absolute Gasteiger partial charge is 0.330 e. The molecule has 4 unspecified atom stereocenters. The molecule has 0 saturated heterocycles. The van der Waals surface area contributed by atoms with E-state index in [1.807, 2.05) is 0 Å². The Balaban J connectivity index is 1.26. The first kappa shape index (κ1) is 25.0. The Kier molecular flexibility index (Phi) is 8.32. The van der Waals surface area contributed by atoms with Gasteiger partial charge < -0.3 is 16.4 Å². The molecule has 0 aromatic rings. The summed E-state index contributed by atoms with van der Waals surface area (Å²) < 4.78 is 0. The van der Waals surface area contributed by atoms with Crippen molar-refractivity contribution >= 4 is 0 Å². The van der Waals surface area contributed by atoms with Crippen LogP contribution in [0.3, 0.4) is 0 Å². The summed E-state index contributed by atoms with van der Waals surface area (Å²) in [6.45, 7) is 14.7. The summed E-state index contributed by atoms with van der Waals surface area (Å²) in [4.78, 5) is 0. The molecule has 32 heavy (non-hydrogen) atoms. The lowest BCUT2D eigenvalue weighted by Crippen LogP contribution is -2.55. The lowest BCUT2D eigenvalue weighted by atomic mass is 9.44. The average molecular weight is 446 g/mol. The summed E-state index contributed by atoms with van der Waals surface area (Å²) in [5.74, 6) is 5.90. The van der Waals surface area contributed by atoms with E-state index in [1.165, 1.54) is 77.2 Å². The SMILES string of the molecule is CC(C)C1CCC2C3CC[C@H]4C[C@@H](NCCCNCCCCN)CC[C@]4(C)C3CC[C@]12C. The predicted molar refractivity (Wildman–Crippen MR) is 138 cm³/mol. The highest BCUT2D eigenvalue weighted by Gasteiger charge is 2.60. The van der Waals surface area contributed by atoms with E-state index < -0.39 is 0 Å². The van der Waals surface area contributed by atoms with Crippen LogP contribution in [0.5, 0.6) is 0 Å². The zero-order valence-corrected chi connectivity index (χ0v) is 21.9. The normalized spacial score (nSPS) is 43.7. The van der Waals surface area contributed by atoms with Gasteiger partial charge in [0.2, 0.25) is 0 Å². The minimum atomic E-state index is 0.628. The fourth-order valence-electron chi connectivity index (χ4n) is 9.62. The van der Waals surface area contributed by atoms with E-state index in [0.29, 0.717) is 10.8 Å². The Morgan fingerprint density at radius 3 is 2.34 bits per heavy atom. The van der Waals surface area contributed by atoms with E-state index >= 15 is 0 Å². The summed E-state index contributed by atoms with van der Waals surface area (Å²) in [6.07, 6.45) is 17.1. The number of hydrogen-bond acceptors (Lipinski definition) is 3. The zero-order valence-electron chi connectivity index (χ0n) is 21.9. The summed E-state index contributed by atoms with van der Waals surface area (Å²) in [5, 5.41) is 7.52. The molecular formula is C29H55N3. The molecule has 186 valence electrons. The molecule has 3 nitrogen and oxygen atoms in total. The Bertz CT molecular complexity index is 591. The highest BCUT2D eigenvalue weighted by atomic mass is 14.9. The van der Waals surface area contributed by atoms with Gasteiger partial charge in [0.05, 0.1) is 0 Å². The molecule has 4 aliphatic rings. The topological polar surface area (TPSA) is 50.1 Å². The number of nitrogens with two attached hydrogens (primary N) is 1. The van der Waals surface area contributed by atoms with E-state index in [0.717, 1.165) is 67.6 Å². The molecule has 0 radical (unpaired) electrons. The molecule has 4 rings (SSSR count). The van der Waals surface area contributed by atoms with Crippen LogP contribution in [0.25, 0.3) is 0 Å². The smallest absolute Gasteiger partial charge is 0.00701 e. The number of hydrogen-bond donors (Lipinski definition) is 3. The number of nitrogens with one attached hydrogen (secondary N) is 2. The van der Waals surface area contributed by atoms with Gasteiger partial charge in [0.15, 0.2) is 0 Å². The van der Waals surface area contributed by atoms with Gasteiger partial charge >= 0.3 is 0 Å². The third-order valence-corrected chi connectivity index (χ3v) is 11.3. The number of rotatable bonds is 10. The molecule has 4 saturated carbocycles. The van der Waals surface area contributed by atoms with Crippen molar-refractivity contribution in [3.63, 3.8) is 0 Å². The van der Waals surface area contributed by atoms with Gasteiger partial charge in [0.1, 0.15) is 0 Å². The van der Waals surface area contributed by atoms with Crippen molar-refractivity contribution in [2.24, 2.45) is 52.1 Å². The Hall–Kier alpha value is -0.120. The second-order valence-electron chi connectivity index (χ2n) is 13.2. The van der Waals surface area contributed by atoms with Gasteiger partial charge in [0.25, 0.3) is 0 Å². The van der Waals surface area contributed by atoms with E-state index in [4.69, 9.17) is 5.73 Å². The molecule has 0 aromatic carbocycles. The van der Waals surface area contributed by atoms with Crippen molar-refractivity contribution in [3.8, 4) is 0 Å². The van der Waals surface area contributed by atoms with Crippen molar-refractivity contribution < 1.29 is 0 Å². The molecule has 0 bridgehead atoms. The molecule has 4 aliphatic carbocycles. The molecule has 4 fully saturated rings. The third-order valence-electron chi connectivity index (χ3n) is 11.3. The second-order valence-corrected chi connectivity index (χ2v) is 13.2. The van der Waals surface area contributed by atoms with Crippen molar-refractivity contribution in [2.45, 2.75) is 111 Å². The van der Waals surface area contributed by atoms with Crippen LogP contribution in [0.1, 0.15) is 105 Å². The van der Waals surface area contributed by atoms with Gasteiger partial charge in [0, 0.05) is 6.04 Å². The van der Waals surface area contributed by atoms with Crippen molar-refractivity contribution in [2.75, 3.05) is 26.2 Å². The fraction of sp³-hybridized carbons (Fsp3) is 1.00. The molecule has 0 amide bonds. The summed E-state index contributed by atoms with van der Waals surface area (Å²) in [6, 6.07) is 0.771. The molecule has 4 N–H and O–H groups in total. The van der Waals surface area contributed by atoms with Crippen LogP contribution in [0.15, 0.2) is 0 Å². The number of unbranched alkanes of at least 4 members (excludes halogenated alkanes) is 1. The lowest BCUT2D eigenvalue weighted by Gasteiger charge is -2.61. The van der Waals surface area contributed by atoms with Gasteiger partial charge in [-0.05, 0) is 150 Å². The van der Waals surface area contributed by atoms with Crippen LogP contribution < -0.4 is 16.4 Å². The molecule has 0 spiro atoms. The van der Waals surface area contributed by atoms with Crippen molar-refractivity contribution in [1.29, 1.82) is 0 Å². The Morgan fingerprint density at radius 2 is 1.56 bits per heavy atom. The highest BCUT2D eigenvalue weighted by Crippen LogP contribution is 2.68. The van der Waals surface area contributed by atoms with E-state index in [9.17, 15) is 0 Å². The van der Waals surface area contributed by atoms with Crippen LogP contribution in [0.4, 0.5) is 0 Å². The van der Waals surface area contributed by atoms with Crippen molar-refractivity contribution in [3.05, 3.63) is 0 Å². The highest BCUT2D eigenvalue weighted by molar-refractivity contribution is 5.09. The average Bonchev–Trinajstić information content (AvgIpc) is 3.13. The third kappa shape index (κ3) is 4.82. The van der Waals surface area contributed by atoms with Crippen LogP contribution in [-0.2, 0) is 0 Å². The van der Waals surface area contributed by atoms with Gasteiger partial charge in [-0.25, -0.2) is 0 Å². The van der Waals surface area contributed by atoms with E-state index in [-0.39, 0.29) is 0 Å². The molecule has 3 heteroatoms. The second kappa shape index (κ2) is 10.6. The van der Waals surface area contributed by atoms with Gasteiger partial charge in [-0.3, -0.25) is 0 Å². The van der Waals surface area contributed by atoms with E-state index in [2.05, 4.69) is 38.3 Å². The van der Waals surface area contributed by atoms with Crippen LogP contribution >= 0.6 is 0 Å². The molecular weight excluding hydrogens is 390 g/mol. The number of fused-ring (bicyclic) bond motifs is 5. The predicted octanol–water partition coefficient (Wildman–Crippen LogP) is 5.98. The zero-order chi connectivity index (χ0) is 22.8. The Labute approximate surface area is 199 Å². The minimum Gasteiger partial charge on any atom is -0.330 e. The fourth-order valence-corrected chi connectivity index (χ4v) is 9.62. The quantitative estimate of drug-likeness (QED) is 0.363. The van der Waals surface area contributed by atoms with Gasteiger partial charge in [-0.1, -0.05) is 27.7 Å². The first-order chi connectivity index (χ1) is 15.4. The monoisotopic (exact) mass is 445 g/mol. The maximum atomic E-state index is 5.57.